The van der Waals surface area contributed by atoms with Crippen LogP contribution in [0.15, 0.2) is 53.4 Å². The van der Waals surface area contributed by atoms with E-state index in [1.165, 1.54) is 16.4 Å². The number of likely N-dealkylation sites (N-methyl/N-ethyl adjacent to an activating group) is 1. The molecule has 2 aromatic carbocycles. The second-order valence-electron chi connectivity index (χ2n) is 6.81. The predicted octanol–water partition coefficient (Wildman–Crippen LogP) is 2.60. The van der Waals surface area contributed by atoms with Gasteiger partial charge in [-0.3, -0.25) is 9.69 Å². The first-order valence-corrected chi connectivity index (χ1v) is 11.0. The van der Waals surface area contributed by atoms with Crippen molar-refractivity contribution < 1.29 is 17.6 Å². The third-order valence-corrected chi connectivity index (χ3v) is 6.58. The first-order chi connectivity index (χ1) is 13.8. The number of nitrogens with zero attached hydrogens (tertiary/aromatic N) is 2. The summed E-state index contributed by atoms with van der Waals surface area (Å²) in [6.45, 7) is 5.37. The van der Waals surface area contributed by atoms with E-state index >= 15 is 0 Å². The average Bonchev–Trinajstić information content (AvgIpc) is 2.67. The summed E-state index contributed by atoms with van der Waals surface area (Å²) in [4.78, 5) is 14.2. The van der Waals surface area contributed by atoms with Crippen molar-refractivity contribution in [3.05, 3.63) is 65.5 Å². The lowest BCUT2D eigenvalue weighted by Gasteiger charge is -2.18. The topological polar surface area (TPSA) is 69.7 Å². The molecule has 158 valence electrons. The van der Waals surface area contributed by atoms with Crippen LogP contribution in [0.1, 0.15) is 25.0 Å². The number of benzene rings is 2. The maximum Gasteiger partial charge on any atom is 0.243 e. The second-order valence-corrected chi connectivity index (χ2v) is 8.75. The van der Waals surface area contributed by atoms with Crippen LogP contribution in [0, 0.1) is 5.82 Å². The highest BCUT2D eigenvalue weighted by Crippen LogP contribution is 2.16. The van der Waals surface area contributed by atoms with E-state index in [9.17, 15) is 17.6 Å². The number of nitrogens with one attached hydrogen (secondary N) is 1. The van der Waals surface area contributed by atoms with Crippen LogP contribution in [0.2, 0.25) is 0 Å². The number of rotatable bonds is 10. The van der Waals surface area contributed by atoms with Gasteiger partial charge in [0.05, 0.1) is 11.4 Å². The standard InChI is InChI=1S/C21H28FN3O3S/c1-4-25(5-2)29(27,28)20-11-9-17(10-12-20)14-23-21(26)16-24(3)15-18-7-6-8-19(22)13-18/h6-13H,4-5,14-16H2,1-3H3,(H,23,26). The SMILES string of the molecule is CCN(CC)S(=O)(=O)c1ccc(CNC(=O)CN(C)Cc2cccc(F)c2)cc1. The van der Waals surface area contributed by atoms with E-state index in [0.717, 1.165) is 11.1 Å². The van der Waals surface area contributed by atoms with Gasteiger partial charge in [-0.15, -0.1) is 0 Å². The minimum absolute atomic E-state index is 0.163. The Labute approximate surface area is 172 Å². The zero-order valence-electron chi connectivity index (χ0n) is 17.1. The average molecular weight is 422 g/mol. The second kappa shape index (κ2) is 10.5. The zero-order valence-corrected chi connectivity index (χ0v) is 17.9. The van der Waals surface area contributed by atoms with Gasteiger partial charge in [-0.1, -0.05) is 38.1 Å². The van der Waals surface area contributed by atoms with Crippen LogP contribution in [0.4, 0.5) is 4.39 Å². The summed E-state index contributed by atoms with van der Waals surface area (Å²) in [7, 11) is -1.70. The molecule has 0 heterocycles. The molecule has 0 saturated carbocycles. The van der Waals surface area contributed by atoms with Crippen molar-refractivity contribution in [3.8, 4) is 0 Å². The first kappa shape index (κ1) is 23.0. The molecule has 1 amide bonds. The molecule has 2 aromatic rings. The number of hydrogen-bond acceptors (Lipinski definition) is 4. The fraction of sp³-hybridized carbons (Fsp3) is 0.381. The van der Waals surface area contributed by atoms with Gasteiger partial charge in [-0.25, -0.2) is 12.8 Å². The molecule has 0 unspecified atom stereocenters. The van der Waals surface area contributed by atoms with Crippen molar-refractivity contribution >= 4 is 15.9 Å². The van der Waals surface area contributed by atoms with E-state index in [-0.39, 0.29) is 23.2 Å². The number of amides is 1. The molecule has 0 atom stereocenters. The number of sulfonamides is 1. The van der Waals surface area contributed by atoms with Crippen LogP contribution in [-0.2, 0) is 27.9 Å². The zero-order chi connectivity index (χ0) is 21.4. The molecule has 0 aliphatic rings. The Morgan fingerprint density at radius 3 is 2.28 bits per heavy atom. The van der Waals surface area contributed by atoms with Gasteiger partial charge in [0.15, 0.2) is 0 Å². The third kappa shape index (κ3) is 6.62. The highest BCUT2D eigenvalue weighted by Gasteiger charge is 2.21. The highest BCUT2D eigenvalue weighted by atomic mass is 32.2. The predicted molar refractivity (Wildman–Crippen MR) is 111 cm³/mol. The van der Waals surface area contributed by atoms with Crippen LogP contribution in [-0.4, -0.2) is 50.2 Å². The Balaban J connectivity index is 1.87. The largest absolute Gasteiger partial charge is 0.351 e. The van der Waals surface area contributed by atoms with Gasteiger partial charge >= 0.3 is 0 Å². The molecule has 0 aromatic heterocycles. The fourth-order valence-electron chi connectivity index (χ4n) is 3.00. The first-order valence-electron chi connectivity index (χ1n) is 9.55. The van der Waals surface area contributed by atoms with E-state index in [4.69, 9.17) is 0 Å². The van der Waals surface area contributed by atoms with Crippen molar-refractivity contribution in [1.82, 2.24) is 14.5 Å². The fourth-order valence-corrected chi connectivity index (χ4v) is 4.45. The summed E-state index contributed by atoms with van der Waals surface area (Å²) < 4.78 is 39.6. The molecular weight excluding hydrogens is 393 g/mol. The van der Waals surface area contributed by atoms with Crippen molar-refractivity contribution in [2.24, 2.45) is 0 Å². The molecule has 0 aliphatic carbocycles. The van der Waals surface area contributed by atoms with Crippen LogP contribution in [0.25, 0.3) is 0 Å². The van der Waals surface area contributed by atoms with E-state index in [1.807, 2.05) is 6.07 Å². The molecule has 0 saturated heterocycles. The van der Waals surface area contributed by atoms with E-state index < -0.39 is 10.0 Å². The Bertz CT molecular complexity index is 913. The summed E-state index contributed by atoms with van der Waals surface area (Å²) in [6.07, 6.45) is 0. The summed E-state index contributed by atoms with van der Waals surface area (Å²) in [5, 5.41) is 2.82. The maximum atomic E-state index is 13.2. The Kier molecular flexibility index (Phi) is 8.31. The van der Waals surface area contributed by atoms with Crippen molar-refractivity contribution in [3.63, 3.8) is 0 Å². The monoisotopic (exact) mass is 421 g/mol. The van der Waals surface area contributed by atoms with Crippen molar-refractivity contribution in [2.75, 3.05) is 26.7 Å². The molecule has 0 spiro atoms. The molecule has 29 heavy (non-hydrogen) atoms. The van der Waals surface area contributed by atoms with Gasteiger partial charge in [-0.05, 0) is 42.4 Å². The number of halogens is 1. The van der Waals surface area contributed by atoms with E-state index in [2.05, 4.69) is 5.32 Å². The van der Waals surface area contributed by atoms with Crippen LogP contribution < -0.4 is 5.32 Å². The van der Waals surface area contributed by atoms with Gasteiger partial charge in [-0.2, -0.15) is 4.31 Å². The minimum Gasteiger partial charge on any atom is -0.351 e. The number of carbonyl (C=O) groups excluding carboxylic acids is 1. The number of carbonyl (C=O) groups is 1. The smallest absolute Gasteiger partial charge is 0.243 e. The van der Waals surface area contributed by atoms with E-state index in [1.54, 1.807) is 56.1 Å². The van der Waals surface area contributed by atoms with Gasteiger partial charge in [0.2, 0.25) is 15.9 Å². The Morgan fingerprint density at radius 2 is 1.69 bits per heavy atom. The van der Waals surface area contributed by atoms with Gasteiger partial charge in [0.25, 0.3) is 0 Å². The molecule has 1 N–H and O–H groups in total. The summed E-state index contributed by atoms with van der Waals surface area (Å²) in [5.41, 5.74) is 1.61. The van der Waals surface area contributed by atoms with Crippen molar-refractivity contribution in [1.29, 1.82) is 0 Å². The third-order valence-electron chi connectivity index (χ3n) is 4.51. The van der Waals surface area contributed by atoms with Gasteiger partial charge < -0.3 is 5.32 Å². The maximum absolute atomic E-state index is 13.2. The minimum atomic E-state index is -3.49. The lowest BCUT2D eigenvalue weighted by molar-refractivity contribution is -0.122. The highest BCUT2D eigenvalue weighted by molar-refractivity contribution is 7.89. The normalized spacial score (nSPS) is 11.8. The summed E-state index contributed by atoms with van der Waals surface area (Å²) in [6, 6.07) is 12.8. The molecule has 6 nitrogen and oxygen atoms in total. The molecule has 0 bridgehead atoms. The summed E-state index contributed by atoms with van der Waals surface area (Å²) >= 11 is 0. The van der Waals surface area contributed by atoms with Gasteiger partial charge in [0.1, 0.15) is 5.82 Å². The Hall–Kier alpha value is -2.29. The molecule has 0 radical (unpaired) electrons. The quantitative estimate of drug-likeness (QED) is 0.640. The molecule has 8 heteroatoms. The van der Waals surface area contributed by atoms with Crippen LogP contribution in [0.3, 0.4) is 0 Å². The molecule has 2 rings (SSSR count). The Morgan fingerprint density at radius 1 is 1.03 bits per heavy atom. The number of hydrogen-bond donors (Lipinski definition) is 1. The summed E-state index contributed by atoms with van der Waals surface area (Å²) in [5.74, 6) is -0.462. The van der Waals surface area contributed by atoms with Crippen LogP contribution >= 0.6 is 0 Å². The van der Waals surface area contributed by atoms with Crippen molar-refractivity contribution in [2.45, 2.75) is 31.8 Å². The van der Waals surface area contributed by atoms with E-state index in [0.29, 0.717) is 26.2 Å². The molecule has 0 aliphatic heterocycles. The van der Waals surface area contributed by atoms with Crippen LogP contribution in [0.5, 0.6) is 0 Å². The van der Waals surface area contributed by atoms with Gasteiger partial charge in [0, 0.05) is 26.2 Å². The lowest BCUT2D eigenvalue weighted by Crippen LogP contribution is -2.34. The lowest BCUT2D eigenvalue weighted by atomic mass is 10.2. The molecule has 0 fully saturated rings. The molecular formula is C21H28FN3O3S.